The summed E-state index contributed by atoms with van der Waals surface area (Å²) in [6, 6.07) is 6.78. The second-order valence-corrected chi connectivity index (χ2v) is 9.33. The van der Waals surface area contributed by atoms with E-state index in [2.05, 4.69) is 4.72 Å². The molecule has 0 saturated carbocycles. The topological polar surface area (TPSA) is 81.7 Å². The summed E-state index contributed by atoms with van der Waals surface area (Å²) in [4.78, 5) is 0. The molecule has 0 spiro atoms. The summed E-state index contributed by atoms with van der Waals surface area (Å²) in [5.41, 5.74) is 1.27. The van der Waals surface area contributed by atoms with Crippen molar-refractivity contribution in [2.45, 2.75) is 46.2 Å². The summed E-state index contributed by atoms with van der Waals surface area (Å²) in [5.74, 6) is 0.118. The maximum atomic E-state index is 12.5. The van der Waals surface area contributed by atoms with E-state index in [0.717, 1.165) is 18.4 Å². The van der Waals surface area contributed by atoms with Crippen LogP contribution in [0.15, 0.2) is 24.3 Å². The molecule has 0 radical (unpaired) electrons. The smallest absolute Gasteiger partial charge is 0.309 e. The van der Waals surface area contributed by atoms with Gasteiger partial charge in [-0.25, -0.2) is 8.42 Å². The van der Waals surface area contributed by atoms with Gasteiger partial charge >= 0.3 is 7.60 Å². The fraction of sp³-hybridized carbons (Fsp3) is 0.625. The van der Waals surface area contributed by atoms with Gasteiger partial charge in [-0.05, 0) is 38.0 Å². The van der Waals surface area contributed by atoms with E-state index >= 15 is 0 Å². The molecule has 1 rings (SSSR count). The van der Waals surface area contributed by atoms with Gasteiger partial charge in [0.1, 0.15) is 0 Å². The summed E-state index contributed by atoms with van der Waals surface area (Å²) < 4.78 is 49.5. The Morgan fingerprint density at radius 2 is 1.58 bits per heavy atom. The van der Waals surface area contributed by atoms with E-state index in [1.54, 1.807) is 38.1 Å². The first-order valence-corrected chi connectivity index (χ1v) is 11.7. The Bertz CT molecular complexity index is 620. The van der Waals surface area contributed by atoms with Crippen LogP contribution in [0.5, 0.6) is 0 Å². The van der Waals surface area contributed by atoms with E-state index in [1.165, 1.54) is 0 Å². The zero-order chi connectivity index (χ0) is 18.1. The Morgan fingerprint density at radius 1 is 1.00 bits per heavy atom. The molecular formula is C16H28NO5PS. The van der Waals surface area contributed by atoms with Crippen molar-refractivity contribution in [3.05, 3.63) is 29.8 Å². The van der Waals surface area contributed by atoms with Crippen LogP contribution in [0.1, 0.15) is 45.6 Å². The third-order valence-electron chi connectivity index (χ3n) is 3.27. The molecule has 8 heteroatoms. The van der Waals surface area contributed by atoms with Gasteiger partial charge in [-0.3, -0.25) is 9.29 Å². The minimum Gasteiger partial charge on any atom is -0.309 e. The van der Waals surface area contributed by atoms with Crippen molar-refractivity contribution in [2.24, 2.45) is 0 Å². The van der Waals surface area contributed by atoms with Gasteiger partial charge in [0.05, 0.1) is 25.1 Å². The number of hydrogen-bond acceptors (Lipinski definition) is 5. The second kappa shape index (κ2) is 10.2. The Labute approximate surface area is 145 Å². The molecule has 24 heavy (non-hydrogen) atoms. The molecule has 0 bridgehead atoms. The van der Waals surface area contributed by atoms with E-state index in [0.29, 0.717) is 25.3 Å². The number of hydrogen-bond donors (Lipinski definition) is 1. The van der Waals surface area contributed by atoms with Crippen molar-refractivity contribution in [1.82, 2.24) is 0 Å². The van der Waals surface area contributed by atoms with Crippen LogP contribution >= 0.6 is 7.60 Å². The molecule has 138 valence electrons. The first kappa shape index (κ1) is 21.2. The Balaban J connectivity index is 2.70. The molecule has 0 saturated heterocycles. The van der Waals surface area contributed by atoms with E-state index in [1.807, 2.05) is 6.92 Å². The molecule has 0 fully saturated rings. The van der Waals surface area contributed by atoms with Crippen LogP contribution in [0, 0.1) is 0 Å². The molecule has 0 atom stereocenters. The largest absolute Gasteiger partial charge is 0.335 e. The second-order valence-electron chi connectivity index (χ2n) is 5.43. The Hall–Kier alpha value is -0.880. The summed E-state index contributed by atoms with van der Waals surface area (Å²) in [6.45, 7) is 6.19. The highest BCUT2D eigenvalue weighted by Crippen LogP contribution is 2.51. The monoisotopic (exact) mass is 377 g/mol. The van der Waals surface area contributed by atoms with E-state index < -0.39 is 17.6 Å². The lowest BCUT2D eigenvalue weighted by Gasteiger charge is -2.17. The zero-order valence-electron chi connectivity index (χ0n) is 14.7. The number of rotatable bonds is 12. The van der Waals surface area contributed by atoms with Gasteiger partial charge in [0, 0.05) is 5.69 Å². The van der Waals surface area contributed by atoms with Crippen LogP contribution in [0.4, 0.5) is 5.69 Å². The molecule has 1 N–H and O–H groups in total. The number of anilines is 1. The minimum atomic E-state index is -3.33. The fourth-order valence-corrected chi connectivity index (χ4v) is 5.08. The molecule has 6 nitrogen and oxygen atoms in total. The molecule has 0 aliphatic carbocycles. The van der Waals surface area contributed by atoms with Crippen molar-refractivity contribution in [2.75, 3.05) is 23.7 Å². The van der Waals surface area contributed by atoms with Crippen molar-refractivity contribution < 1.29 is 22.0 Å². The molecule has 0 amide bonds. The van der Waals surface area contributed by atoms with E-state index in [-0.39, 0.29) is 11.9 Å². The third kappa shape index (κ3) is 7.79. The average molecular weight is 377 g/mol. The van der Waals surface area contributed by atoms with E-state index in [4.69, 9.17) is 9.05 Å². The lowest BCUT2D eigenvalue weighted by atomic mass is 10.2. The van der Waals surface area contributed by atoms with Gasteiger partial charge in [0.25, 0.3) is 0 Å². The lowest BCUT2D eigenvalue weighted by molar-refractivity contribution is 0.219. The predicted octanol–water partition coefficient (Wildman–Crippen LogP) is 4.38. The Morgan fingerprint density at radius 3 is 2.08 bits per heavy atom. The van der Waals surface area contributed by atoms with Crippen molar-refractivity contribution in [1.29, 1.82) is 0 Å². The molecule has 0 heterocycles. The first-order chi connectivity index (χ1) is 11.3. The maximum absolute atomic E-state index is 12.5. The average Bonchev–Trinajstić information content (AvgIpc) is 2.49. The molecule has 0 aliphatic rings. The van der Waals surface area contributed by atoms with E-state index in [9.17, 15) is 13.0 Å². The SMILES string of the molecule is CCCCCS(=O)(=O)Nc1ccc(CP(=O)(OCC)OCC)cc1. The van der Waals surface area contributed by atoms with Gasteiger partial charge in [0.15, 0.2) is 0 Å². The number of unbranched alkanes of at least 4 members (excludes halogenated alkanes) is 2. The highest BCUT2D eigenvalue weighted by atomic mass is 32.2. The van der Waals surface area contributed by atoms with Gasteiger partial charge in [-0.1, -0.05) is 31.9 Å². The van der Waals surface area contributed by atoms with Crippen molar-refractivity contribution in [3.63, 3.8) is 0 Å². The van der Waals surface area contributed by atoms with Crippen LogP contribution in [-0.2, 0) is 29.8 Å². The van der Waals surface area contributed by atoms with Crippen LogP contribution < -0.4 is 4.72 Å². The van der Waals surface area contributed by atoms with Crippen LogP contribution in [0.2, 0.25) is 0 Å². The summed E-state index contributed by atoms with van der Waals surface area (Å²) in [5, 5.41) is 0. The molecule has 0 unspecified atom stereocenters. The number of benzene rings is 1. The molecule has 1 aromatic rings. The number of nitrogens with one attached hydrogen (secondary N) is 1. The highest BCUT2D eigenvalue weighted by Gasteiger charge is 2.24. The first-order valence-electron chi connectivity index (χ1n) is 8.31. The standard InChI is InChI=1S/C16H28NO5PS/c1-4-7-8-13-24(19,20)17-16-11-9-15(10-12-16)14-23(18,21-5-2)22-6-3/h9-12,17H,4-8,13-14H2,1-3H3. The lowest BCUT2D eigenvalue weighted by Crippen LogP contribution is -2.16. The van der Waals surface area contributed by atoms with Gasteiger partial charge in [-0.2, -0.15) is 0 Å². The Kier molecular flexibility index (Phi) is 8.98. The zero-order valence-corrected chi connectivity index (χ0v) is 16.4. The molecular weight excluding hydrogens is 349 g/mol. The summed E-state index contributed by atoms with van der Waals surface area (Å²) in [6.07, 6.45) is 2.68. The minimum absolute atomic E-state index is 0.118. The normalized spacial score (nSPS) is 12.3. The van der Waals surface area contributed by atoms with Gasteiger partial charge in [-0.15, -0.1) is 0 Å². The quantitative estimate of drug-likeness (QED) is 0.432. The van der Waals surface area contributed by atoms with Gasteiger partial charge in [0.2, 0.25) is 10.0 Å². The maximum Gasteiger partial charge on any atom is 0.335 e. The third-order valence-corrected chi connectivity index (χ3v) is 6.70. The fourth-order valence-electron chi connectivity index (χ4n) is 2.20. The molecule has 0 aromatic heterocycles. The van der Waals surface area contributed by atoms with Crippen LogP contribution in [0.3, 0.4) is 0 Å². The highest BCUT2D eigenvalue weighted by molar-refractivity contribution is 7.92. The van der Waals surface area contributed by atoms with Gasteiger partial charge < -0.3 is 9.05 Å². The molecule has 0 aliphatic heterocycles. The van der Waals surface area contributed by atoms with Crippen LogP contribution in [-0.4, -0.2) is 27.4 Å². The number of sulfonamides is 1. The molecule has 1 aromatic carbocycles. The van der Waals surface area contributed by atoms with Crippen LogP contribution in [0.25, 0.3) is 0 Å². The van der Waals surface area contributed by atoms with Crippen molar-refractivity contribution in [3.8, 4) is 0 Å². The van der Waals surface area contributed by atoms with Crippen molar-refractivity contribution >= 4 is 23.3 Å². The summed E-state index contributed by atoms with van der Waals surface area (Å²) in [7, 11) is -6.48. The predicted molar refractivity (Wildman–Crippen MR) is 97.9 cm³/mol. The summed E-state index contributed by atoms with van der Waals surface area (Å²) >= 11 is 0.